The van der Waals surface area contributed by atoms with Crippen LogP contribution >= 0.6 is 127 Å². The number of hydrogen-bond donors (Lipinski definition) is 2. The molecule has 4 unspecified atom stereocenters. The third-order valence-corrected chi connectivity index (χ3v) is 33.5. The molecule has 0 aromatic heterocycles. The zero-order valence-corrected chi connectivity index (χ0v) is 93.8. The van der Waals surface area contributed by atoms with Crippen LogP contribution in [-0.4, -0.2) is 77.5 Å². The molecule has 19 rings (SSSR count). The largest absolute Gasteiger partial charge is 1.00 e. The Morgan fingerprint density at radius 2 is 0.629 bits per heavy atom. The summed E-state index contributed by atoms with van der Waals surface area (Å²) >= 11 is 21.0. The summed E-state index contributed by atoms with van der Waals surface area (Å²) in [5.74, 6) is 0. The topological polar surface area (TPSA) is 130 Å². The number of anilines is 9. The second-order valence-corrected chi connectivity index (χ2v) is 43.2. The number of carbonyl (C=O) groups is 1. The van der Waals surface area contributed by atoms with Gasteiger partial charge in [0.2, 0.25) is 0 Å². The third-order valence-electron chi connectivity index (χ3n) is 21.8. The number of nitrogens with zero attached hydrogens (tertiary/aromatic N) is 3. The standard InChI is InChI=1S/C38H29NS2.C26H20BrN.C19H15NO.C12H11BO2S2.C11H16BrO3P.C7H6Br2.C6H15O3P.Na.H/c1-3-10-31(11-4-1)39(32-12-5-2-6-13-32)33-26-22-29(23-27-33)19-18-28-20-24-30(25-21-28)34-14-9-17-37-38(34)41-36-16-8-7-15-35(36)40-37;27-23-17-13-21(14-18-23)11-12-22-15-19-26(20-16-22)28(24-7-3-1-4-8-24)25-9-5-2-6-10-25;21-15-16-11-13-19(14-12-16)20(17-7-3-1-4-8-17)18-9-5-2-6-10-18;14-13(15)8-4-3-7-11-12(8)17-10-6-2-1-5-9(10)16-11;1-3-14-16(13,15-4-2)9-10-5-7-11(12)8-6-10;8-5-6-1-3-7(9)4-2-6;1-4-7-10(8-5-2)9-6-3;;/h1-27,35-36H;1-20H;1-15H;1-7,9-10,14-15H;5-8H,3-4,9H2,1-2H3;1-4H,5H2;4-6H2,1-3H3;;/q;;;;;;;+1;-1/b19-18+;12-11+;;;;;;;. The summed E-state index contributed by atoms with van der Waals surface area (Å²) in [6.07, 6.45) is 27.4. The summed E-state index contributed by atoms with van der Waals surface area (Å²) in [6.45, 7) is 12.1. The Hall–Kier alpha value is -9.43. The van der Waals surface area contributed by atoms with Crippen molar-refractivity contribution >= 4 is 221 Å². The molecule has 2 heterocycles. The van der Waals surface area contributed by atoms with Gasteiger partial charge < -0.3 is 48.8 Å². The van der Waals surface area contributed by atoms with Gasteiger partial charge in [0.1, 0.15) is 6.29 Å². The number of para-hydroxylation sites is 6. The Labute approximate surface area is 919 Å². The number of hydrogen-bond acceptors (Lipinski definition) is 16. The number of benzene rings is 15. The minimum Gasteiger partial charge on any atom is -1.00 e. The van der Waals surface area contributed by atoms with Gasteiger partial charge in [-0.3, -0.25) is 9.36 Å². The van der Waals surface area contributed by atoms with Gasteiger partial charge in [-0.2, -0.15) is 0 Å². The van der Waals surface area contributed by atoms with Gasteiger partial charge >= 0.3 is 52.9 Å². The quantitative estimate of drug-likeness (QED) is 0.0151. The first-order valence-corrected chi connectivity index (χ1v) is 56.6. The molecule has 0 bridgehead atoms. The first kappa shape index (κ1) is 112. The molecule has 24 heteroatoms. The van der Waals surface area contributed by atoms with Crippen LogP contribution in [0, 0.1) is 0 Å². The van der Waals surface area contributed by atoms with Gasteiger partial charge in [-0.05, 0) is 254 Å². The van der Waals surface area contributed by atoms with E-state index in [2.05, 4.69) is 412 Å². The van der Waals surface area contributed by atoms with Crippen LogP contribution in [0.2, 0.25) is 0 Å². The normalized spacial score (nSPS) is 14.2. The summed E-state index contributed by atoms with van der Waals surface area (Å²) < 4.78 is 41.3. The molecule has 2 N–H and O–H groups in total. The number of thioether (sulfide) groups is 4. The third kappa shape index (κ3) is 34.9. The molecule has 0 saturated carbocycles. The molecule has 0 amide bonds. The summed E-state index contributed by atoms with van der Waals surface area (Å²) in [4.78, 5) is 22.5. The zero-order chi connectivity index (χ0) is 99.5. The molecule has 0 radical (unpaired) electrons. The van der Waals surface area contributed by atoms with Crippen molar-refractivity contribution in [1.82, 2.24) is 0 Å². The van der Waals surface area contributed by atoms with E-state index < -0.39 is 23.3 Å². The molecule has 2 aliphatic heterocycles. The van der Waals surface area contributed by atoms with E-state index in [4.69, 9.17) is 22.6 Å². The van der Waals surface area contributed by atoms with Crippen LogP contribution in [0.15, 0.2) is 470 Å². The minimum absolute atomic E-state index is 0. The Kier molecular flexibility index (Phi) is 47.6. The van der Waals surface area contributed by atoms with Crippen molar-refractivity contribution in [3.05, 3.63) is 489 Å². The van der Waals surface area contributed by atoms with E-state index in [0.717, 1.165) is 91.6 Å². The molecule has 2 aliphatic carbocycles. The van der Waals surface area contributed by atoms with E-state index in [0.29, 0.717) is 71.2 Å². The van der Waals surface area contributed by atoms with Crippen LogP contribution in [0.25, 0.3) is 35.4 Å². The fourth-order valence-electron chi connectivity index (χ4n) is 15.1. The summed E-state index contributed by atoms with van der Waals surface area (Å²) in [6, 6.07) is 133. The first-order valence-electron chi connectivity index (χ1n) is 46.8. The number of fused-ring (bicyclic) bond motifs is 4. The number of allylic oxidation sites excluding steroid dienone is 4. The van der Waals surface area contributed by atoms with Crippen molar-refractivity contribution in [2.75, 3.05) is 47.7 Å². The van der Waals surface area contributed by atoms with Gasteiger partial charge in [0.25, 0.3) is 0 Å². The Morgan fingerprint density at radius 1 is 0.343 bits per heavy atom. The van der Waals surface area contributed by atoms with E-state index >= 15 is 0 Å². The monoisotopic (exact) mass is 2270 g/mol. The summed E-state index contributed by atoms with van der Waals surface area (Å²) in [5.41, 5.74) is 20.9. The van der Waals surface area contributed by atoms with Gasteiger partial charge in [0, 0.05) is 116 Å². The van der Waals surface area contributed by atoms with E-state index in [-0.39, 0.29) is 31.0 Å². The average Bonchev–Trinajstić information content (AvgIpc) is 0.775. The van der Waals surface area contributed by atoms with Gasteiger partial charge in [0.15, 0.2) is 0 Å². The van der Waals surface area contributed by atoms with Crippen LogP contribution in [-0.2, 0) is 38.7 Å². The maximum absolute atomic E-state index is 12.2. The van der Waals surface area contributed by atoms with Gasteiger partial charge in [0.05, 0.1) is 39.2 Å². The molecular weight excluding hydrogens is 2160 g/mol. The Bertz CT molecular complexity index is 6460. The van der Waals surface area contributed by atoms with Crippen LogP contribution in [0.1, 0.15) is 79.8 Å². The molecule has 724 valence electrons. The smallest absolute Gasteiger partial charge is 1.00 e. The first-order chi connectivity index (χ1) is 69.5. The molecular formula is C119H113BBr4N3NaO9P2S4. The predicted octanol–water partition coefficient (Wildman–Crippen LogP) is 32.5. The van der Waals surface area contributed by atoms with Gasteiger partial charge in [-0.1, -0.05) is 355 Å². The van der Waals surface area contributed by atoms with E-state index in [1.165, 1.54) is 48.7 Å². The SMILES string of the molecule is BrCc1ccc(Br)cc1.Brc1ccc(/C=C/c2ccc(N(c3ccccc3)c3ccccc3)cc2)cc1.C1=CC2Sc3cccc(-c4ccc(/C=C/c5ccc(N(c6ccccc6)c6ccccc6)cc5)cc4)c3SC2C=C1.CCOP(=O)(Cc1ccc(Br)cc1)OCC.CCOP(OCC)OCC.O=Cc1ccc(N(c2ccccc2)c2ccccc2)cc1.OB(O)c1cccc2c1SC1C=CC=CC1S2.[H-].[Na+]. The van der Waals surface area contributed by atoms with E-state index in [1.807, 2.05) is 179 Å². The van der Waals surface area contributed by atoms with E-state index in [1.54, 1.807) is 29.6 Å². The number of rotatable bonds is 29. The zero-order valence-electron chi connectivity index (χ0n) is 81.4. The summed E-state index contributed by atoms with van der Waals surface area (Å²) in [5, 5.41) is 21.5. The second kappa shape index (κ2) is 60.6. The number of carbonyl (C=O) groups excluding carboxylic acids is 1. The molecule has 12 nitrogen and oxygen atoms in total. The maximum atomic E-state index is 12.2. The number of alkyl halides is 1. The van der Waals surface area contributed by atoms with E-state index in [9.17, 15) is 19.4 Å². The molecule has 4 atom stereocenters. The van der Waals surface area contributed by atoms with Crippen LogP contribution < -0.4 is 49.7 Å². The molecule has 143 heavy (non-hydrogen) atoms. The average molecular weight is 2270 g/mol. The second-order valence-electron chi connectivity index (χ2n) is 31.8. The molecule has 0 fully saturated rings. The molecule has 15 aromatic carbocycles. The van der Waals surface area contributed by atoms with Gasteiger partial charge in [-0.25, -0.2) is 0 Å². The van der Waals surface area contributed by atoms with Crippen LogP contribution in [0.3, 0.4) is 0 Å². The minimum atomic E-state index is -2.97. The Balaban J connectivity index is 0.000000169. The van der Waals surface area contributed by atoms with Crippen molar-refractivity contribution in [2.45, 2.75) is 86.7 Å². The van der Waals surface area contributed by atoms with Crippen molar-refractivity contribution in [2.24, 2.45) is 0 Å². The van der Waals surface area contributed by atoms with Crippen molar-refractivity contribution < 1.29 is 73.0 Å². The van der Waals surface area contributed by atoms with Crippen LogP contribution in [0.4, 0.5) is 51.2 Å². The Morgan fingerprint density at radius 3 is 0.951 bits per heavy atom. The summed E-state index contributed by atoms with van der Waals surface area (Å²) in [7, 11) is -5.42. The molecule has 0 spiro atoms. The maximum Gasteiger partial charge on any atom is 1.00 e. The van der Waals surface area contributed by atoms with Crippen LogP contribution in [0.5, 0.6) is 0 Å². The van der Waals surface area contributed by atoms with Gasteiger partial charge in [-0.15, -0.1) is 47.0 Å². The fourth-order valence-corrected chi connectivity index (χ4v) is 24.5. The van der Waals surface area contributed by atoms with Crippen molar-refractivity contribution in [3.63, 3.8) is 0 Å². The number of halogens is 4. The fraction of sp³-hybridized carbons (Fsp3) is 0.134. The van der Waals surface area contributed by atoms with Crippen molar-refractivity contribution in [1.29, 1.82) is 0 Å². The van der Waals surface area contributed by atoms with Crippen molar-refractivity contribution in [3.8, 4) is 11.1 Å². The molecule has 0 saturated heterocycles. The molecule has 15 aromatic rings. The molecule has 4 aliphatic rings. The number of aldehydes is 1. The predicted molar refractivity (Wildman–Crippen MR) is 622 cm³/mol.